The Labute approximate surface area is 153 Å². The van der Waals surface area contributed by atoms with E-state index in [0.717, 1.165) is 36.6 Å². The second-order valence-electron chi connectivity index (χ2n) is 7.09. The van der Waals surface area contributed by atoms with Gasteiger partial charge >= 0.3 is 0 Å². The van der Waals surface area contributed by atoms with E-state index in [1.165, 1.54) is 22.1 Å². The summed E-state index contributed by atoms with van der Waals surface area (Å²) in [7, 11) is 2.12. The monoisotopic (exact) mass is 357 g/mol. The van der Waals surface area contributed by atoms with Gasteiger partial charge in [-0.1, -0.05) is 17.7 Å². The van der Waals surface area contributed by atoms with Crippen LogP contribution in [0, 0.1) is 5.92 Å². The van der Waals surface area contributed by atoms with E-state index in [9.17, 15) is 4.79 Å². The second-order valence-corrected chi connectivity index (χ2v) is 7.52. The van der Waals surface area contributed by atoms with Crippen molar-refractivity contribution in [1.29, 1.82) is 0 Å². The van der Waals surface area contributed by atoms with E-state index >= 15 is 0 Å². The number of nitrogens with zero attached hydrogens (tertiary/aromatic N) is 2. The van der Waals surface area contributed by atoms with Crippen molar-refractivity contribution in [2.24, 2.45) is 5.92 Å². The number of aromatic amines is 1. The molecule has 2 aromatic rings. The van der Waals surface area contributed by atoms with Crippen LogP contribution in [0.5, 0.6) is 0 Å². The number of likely N-dealkylation sites (N-methyl/N-ethyl adjacent to an activating group) is 1. The van der Waals surface area contributed by atoms with Crippen molar-refractivity contribution in [2.45, 2.75) is 26.3 Å². The number of fused-ring (bicyclic) bond motifs is 2. The summed E-state index contributed by atoms with van der Waals surface area (Å²) in [5.41, 5.74) is 4.85. The van der Waals surface area contributed by atoms with Crippen LogP contribution in [0.25, 0.3) is 16.5 Å². The molecule has 5 heteroatoms. The zero-order valence-electron chi connectivity index (χ0n) is 15.0. The van der Waals surface area contributed by atoms with Crippen molar-refractivity contribution in [1.82, 2.24) is 14.8 Å². The summed E-state index contributed by atoms with van der Waals surface area (Å²) in [6.45, 7) is 6.36. The van der Waals surface area contributed by atoms with Crippen LogP contribution in [0.4, 0.5) is 0 Å². The molecule has 0 bridgehead atoms. The highest BCUT2D eigenvalue weighted by Gasteiger charge is 2.36. The van der Waals surface area contributed by atoms with Crippen LogP contribution < -0.4 is 0 Å². The maximum atomic E-state index is 12.9. The first-order chi connectivity index (χ1) is 12.0. The minimum absolute atomic E-state index is 0.0920. The molecule has 1 aromatic heterocycles. The molecular formula is C20H24ClN3O. The predicted molar refractivity (Wildman–Crippen MR) is 103 cm³/mol. The first kappa shape index (κ1) is 16.7. The molecule has 1 amide bonds. The van der Waals surface area contributed by atoms with Gasteiger partial charge in [-0.15, -0.1) is 0 Å². The van der Waals surface area contributed by atoms with Crippen LogP contribution >= 0.6 is 11.6 Å². The number of carbonyl (C=O) groups is 1. The predicted octanol–water partition coefficient (Wildman–Crippen LogP) is 3.56. The number of rotatable bonds is 3. The third-order valence-corrected chi connectivity index (χ3v) is 5.92. The molecule has 25 heavy (non-hydrogen) atoms. The maximum absolute atomic E-state index is 12.9. The first-order valence-corrected chi connectivity index (χ1v) is 9.41. The standard InChI is InChI=1S/C20H24ClN3O/c1-4-24(5-2)20(25)13-6-15-16-8-14(21)9-17-19(16)12(10-22-17)7-18(15)23(3)11-13/h6,8-10,13,18,22H,4-5,7,11H2,1-3H3. The van der Waals surface area contributed by atoms with Gasteiger partial charge in [0.15, 0.2) is 0 Å². The van der Waals surface area contributed by atoms with Gasteiger partial charge in [0.1, 0.15) is 0 Å². The molecule has 0 fully saturated rings. The minimum atomic E-state index is -0.0920. The minimum Gasteiger partial charge on any atom is -0.361 e. The van der Waals surface area contributed by atoms with Crippen molar-refractivity contribution in [3.63, 3.8) is 0 Å². The molecule has 2 unspecified atom stereocenters. The molecule has 0 spiro atoms. The quantitative estimate of drug-likeness (QED) is 0.912. The fraction of sp³-hybridized carbons (Fsp3) is 0.450. The lowest BCUT2D eigenvalue weighted by atomic mass is 9.79. The Hall–Kier alpha value is -1.78. The molecule has 1 aromatic carbocycles. The molecular weight excluding hydrogens is 334 g/mol. The van der Waals surface area contributed by atoms with Gasteiger partial charge in [0, 0.05) is 47.8 Å². The SMILES string of the molecule is CCN(CC)C(=O)C1C=C2c3cc(Cl)cc4[nH]cc(c34)CC2N(C)C1. The molecule has 132 valence electrons. The smallest absolute Gasteiger partial charge is 0.230 e. The fourth-order valence-corrected chi connectivity index (χ4v) is 4.63. The zero-order chi connectivity index (χ0) is 17.7. The van der Waals surface area contributed by atoms with Gasteiger partial charge in [0.25, 0.3) is 0 Å². The molecule has 0 saturated carbocycles. The third-order valence-electron chi connectivity index (χ3n) is 5.70. The van der Waals surface area contributed by atoms with Gasteiger partial charge in [0.2, 0.25) is 5.91 Å². The summed E-state index contributed by atoms with van der Waals surface area (Å²) in [6, 6.07) is 4.35. The van der Waals surface area contributed by atoms with Gasteiger partial charge in [0.05, 0.1) is 5.92 Å². The summed E-state index contributed by atoms with van der Waals surface area (Å²) in [6.07, 6.45) is 5.28. The highest BCUT2D eigenvalue weighted by Crippen LogP contribution is 2.42. The molecule has 2 aliphatic rings. The lowest BCUT2D eigenvalue weighted by Gasteiger charge is -2.40. The Bertz CT molecular complexity index is 865. The number of nitrogens with one attached hydrogen (secondary N) is 1. The number of H-pyrrole nitrogens is 1. The van der Waals surface area contributed by atoms with Crippen LogP contribution in [0.3, 0.4) is 0 Å². The number of carbonyl (C=O) groups excluding carboxylic acids is 1. The summed E-state index contributed by atoms with van der Waals surface area (Å²) in [5.74, 6) is 0.131. The molecule has 1 aliphatic carbocycles. The molecule has 4 rings (SSSR count). The van der Waals surface area contributed by atoms with Gasteiger partial charge in [-0.25, -0.2) is 0 Å². The summed E-state index contributed by atoms with van der Waals surface area (Å²) < 4.78 is 0. The van der Waals surface area contributed by atoms with Crippen LogP contribution in [0.2, 0.25) is 5.02 Å². The van der Waals surface area contributed by atoms with E-state index in [1.54, 1.807) is 0 Å². The van der Waals surface area contributed by atoms with E-state index in [-0.39, 0.29) is 11.8 Å². The first-order valence-electron chi connectivity index (χ1n) is 9.04. The zero-order valence-corrected chi connectivity index (χ0v) is 15.7. The van der Waals surface area contributed by atoms with Crippen LogP contribution in [0.1, 0.15) is 25.0 Å². The van der Waals surface area contributed by atoms with Gasteiger partial charge in [-0.05, 0) is 56.1 Å². The Morgan fingerprint density at radius 2 is 2.12 bits per heavy atom. The fourth-order valence-electron chi connectivity index (χ4n) is 4.41. The number of aromatic nitrogens is 1. The van der Waals surface area contributed by atoms with E-state index in [4.69, 9.17) is 11.6 Å². The van der Waals surface area contributed by atoms with Crippen molar-refractivity contribution in [3.8, 4) is 0 Å². The van der Waals surface area contributed by atoms with E-state index in [2.05, 4.69) is 35.3 Å². The normalized spacial score (nSPS) is 22.6. The van der Waals surface area contributed by atoms with Gasteiger partial charge in [-0.3, -0.25) is 9.69 Å². The number of amides is 1. The summed E-state index contributed by atoms with van der Waals surface area (Å²) >= 11 is 6.36. The molecule has 0 radical (unpaired) electrons. The number of hydrogen-bond acceptors (Lipinski definition) is 2. The van der Waals surface area contributed by atoms with Crippen molar-refractivity contribution in [3.05, 3.63) is 40.6 Å². The van der Waals surface area contributed by atoms with E-state index in [0.29, 0.717) is 6.04 Å². The second kappa shape index (κ2) is 6.19. The Morgan fingerprint density at radius 1 is 1.36 bits per heavy atom. The van der Waals surface area contributed by atoms with Crippen LogP contribution in [0.15, 0.2) is 24.4 Å². The Morgan fingerprint density at radius 3 is 2.84 bits per heavy atom. The average Bonchev–Trinajstić information content (AvgIpc) is 3.00. The van der Waals surface area contributed by atoms with Crippen molar-refractivity contribution >= 4 is 34.0 Å². The number of benzene rings is 1. The summed E-state index contributed by atoms with van der Waals surface area (Å²) in [4.78, 5) is 20.5. The molecule has 2 atom stereocenters. The molecule has 4 nitrogen and oxygen atoms in total. The van der Waals surface area contributed by atoms with Crippen LogP contribution in [-0.2, 0) is 11.2 Å². The third kappa shape index (κ3) is 2.59. The van der Waals surface area contributed by atoms with Gasteiger partial charge in [-0.2, -0.15) is 0 Å². The number of hydrogen-bond donors (Lipinski definition) is 1. The topological polar surface area (TPSA) is 39.3 Å². The number of halogens is 1. The molecule has 2 heterocycles. The summed E-state index contributed by atoms with van der Waals surface area (Å²) in [5, 5.41) is 1.99. The van der Waals surface area contributed by atoms with Crippen molar-refractivity contribution < 1.29 is 4.79 Å². The lowest BCUT2D eigenvalue weighted by molar-refractivity contribution is -0.134. The lowest BCUT2D eigenvalue weighted by Crippen LogP contribution is -2.47. The van der Waals surface area contributed by atoms with Gasteiger partial charge < -0.3 is 9.88 Å². The van der Waals surface area contributed by atoms with E-state index < -0.39 is 0 Å². The molecule has 1 aliphatic heterocycles. The molecule has 1 N–H and O–H groups in total. The van der Waals surface area contributed by atoms with Crippen LogP contribution in [-0.4, -0.2) is 53.4 Å². The molecule has 0 saturated heterocycles. The largest absolute Gasteiger partial charge is 0.361 e. The highest BCUT2D eigenvalue weighted by atomic mass is 35.5. The maximum Gasteiger partial charge on any atom is 0.230 e. The highest BCUT2D eigenvalue weighted by molar-refractivity contribution is 6.31. The Balaban J connectivity index is 1.83. The average molecular weight is 358 g/mol. The van der Waals surface area contributed by atoms with Crippen molar-refractivity contribution in [2.75, 3.05) is 26.7 Å². The Kier molecular flexibility index (Phi) is 4.13. The van der Waals surface area contributed by atoms with E-state index in [1.807, 2.05) is 24.8 Å².